The number of nitrogens with zero attached hydrogens (tertiary/aromatic N) is 1. The van der Waals surface area contributed by atoms with Crippen molar-refractivity contribution >= 4 is 17.8 Å². The van der Waals surface area contributed by atoms with E-state index in [0.717, 1.165) is 12.0 Å². The molecule has 1 heterocycles. The van der Waals surface area contributed by atoms with Crippen LogP contribution in [0.15, 0.2) is 60.7 Å². The van der Waals surface area contributed by atoms with Crippen molar-refractivity contribution in [2.45, 2.75) is 37.8 Å². The van der Waals surface area contributed by atoms with Gasteiger partial charge in [0.05, 0.1) is 13.0 Å². The van der Waals surface area contributed by atoms with Gasteiger partial charge in [0.2, 0.25) is 5.91 Å². The van der Waals surface area contributed by atoms with E-state index in [4.69, 9.17) is 4.74 Å². The van der Waals surface area contributed by atoms with Gasteiger partial charge in [0.1, 0.15) is 5.54 Å². The highest BCUT2D eigenvalue weighted by molar-refractivity contribution is 6.01. The number of nitrogens with one attached hydrogen (secondary N) is 1. The molecule has 31 heavy (non-hydrogen) atoms. The zero-order valence-corrected chi connectivity index (χ0v) is 18.1. The number of likely N-dealkylation sites (tertiary alicyclic amines) is 1. The van der Waals surface area contributed by atoms with E-state index in [1.807, 2.05) is 43.3 Å². The lowest BCUT2D eigenvalue weighted by Gasteiger charge is -2.45. The number of carbonyl (C=O) groups is 3. The summed E-state index contributed by atoms with van der Waals surface area (Å²) in [4.78, 5) is 41.3. The Bertz CT molecular complexity index is 978. The van der Waals surface area contributed by atoms with Crippen molar-refractivity contribution in [2.75, 3.05) is 13.7 Å². The fourth-order valence-electron chi connectivity index (χ4n) is 5.24. The maximum atomic E-state index is 13.8. The summed E-state index contributed by atoms with van der Waals surface area (Å²) >= 11 is 0. The summed E-state index contributed by atoms with van der Waals surface area (Å²) in [5.74, 6) is -1.59. The predicted molar refractivity (Wildman–Crippen MR) is 116 cm³/mol. The molecule has 1 aliphatic heterocycles. The highest BCUT2D eigenvalue weighted by atomic mass is 16.5. The second-order valence-electron chi connectivity index (χ2n) is 8.53. The first-order valence-corrected chi connectivity index (χ1v) is 10.8. The van der Waals surface area contributed by atoms with Crippen molar-refractivity contribution in [3.8, 4) is 0 Å². The van der Waals surface area contributed by atoms with Crippen molar-refractivity contribution in [1.82, 2.24) is 10.2 Å². The highest BCUT2D eigenvalue weighted by Gasteiger charge is 2.71. The fourth-order valence-corrected chi connectivity index (χ4v) is 5.24. The van der Waals surface area contributed by atoms with Gasteiger partial charge in [-0.15, -0.1) is 0 Å². The molecule has 6 heteroatoms. The maximum Gasteiger partial charge on any atom is 0.311 e. The van der Waals surface area contributed by atoms with Crippen LogP contribution in [-0.2, 0) is 14.3 Å². The van der Waals surface area contributed by atoms with Crippen LogP contribution in [0.5, 0.6) is 0 Å². The minimum absolute atomic E-state index is 0.111. The highest BCUT2D eigenvalue weighted by Crippen LogP contribution is 2.59. The molecule has 0 radical (unpaired) electrons. The molecule has 2 amide bonds. The van der Waals surface area contributed by atoms with E-state index in [-0.39, 0.29) is 41.6 Å². The molecule has 0 aromatic heterocycles. The maximum absolute atomic E-state index is 13.8. The largest absolute Gasteiger partial charge is 0.469 e. The smallest absolute Gasteiger partial charge is 0.311 e. The zero-order chi connectivity index (χ0) is 22.2. The van der Waals surface area contributed by atoms with Crippen molar-refractivity contribution in [3.05, 3.63) is 71.8 Å². The second-order valence-corrected chi connectivity index (χ2v) is 8.53. The normalized spacial score (nSPS) is 29.1. The molecule has 2 fully saturated rings. The molecule has 1 saturated carbocycles. The van der Waals surface area contributed by atoms with Crippen molar-refractivity contribution in [1.29, 1.82) is 0 Å². The summed E-state index contributed by atoms with van der Waals surface area (Å²) in [6.07, 6.45) is 0.765. The quantitative estimate of drug-likeness (QED) is 0.729. The number of rotatable bonds is 6. The number of carbonyl (C=O) groups excluding carboxylic acids is 3. The summed E-state index contributed by atoms with van der Waals surface area (Å²) in [5.41, 5.74) is 0.241. The van der Waals surface area contributed by atoms with Crippen LogP contribution in [-0.4, -0.2) is 47.9 Å². The van der Waals surface area contributed by atoms with Crippen LogP contribution in [0.4, 0.5) is 0 Å². The van der Waals surface area contributed by atoms with Gasteiger partial charge in [-0.05, 0) is 31.0 Å². The summed E-state index contributed by atoms with van der Waals surface area (Å²) in [6, 6.07) is 18.4. The van der Waals surface area contributed by atoms with Gasteiger partial charge in [-0.25, -0.2) is 0 Å². The monoisotopic (exact) mass is 420 g/mol. The number of methoxy groups -OCH3 is 1. The van der Waals surface area contributed by atoms with E-state index in [9.17, 15) is 14.4 Å². The second kappa shape index (κ2) is 8.17. The Kier molecular flexibility index (Phi) is 5.56. The molecule has 2 aromatic carbocycles. The summed E-state index contributed by atoms with van der Waals surface area (Å²) in [7, 11) is 1.38. The molecule has 162 valence electrons. The Hall–Kier alpha value is -3.15. The number of benzene rings is 2. The Labute approximate surface area is 182 Å². The fraction of sp³-hybridized carbons (Fsp3) is 0.400. The van der Waals surface area contributed by atoms with Crippen molar-refractivity contribution in [3.63, 3.8) is 0 Å². The van der Waals surface area contributed by atoms with Crippen LogP contribution < -0.4 is 5.32 Å². The van der Waals surface area contributed by atoms with E-state index in [2.05, 4.69) is 5.32 Å². The van der Waals surface area contributed by atoms with E-state index in [1.54, 1.807) is 36.1 Å². The summed E-state index contributed by atoms with van der Waals surface area (Å²) < 4.78 is 5.07. The number of hydrogen-bond donors (Lipinski definition) is 1. The van der Waals surface area contributed by atoms with Gasteiger partial charge in [0.25, 0.3) is 5.91 Å². The lowest BCUT2D eigenvalue weighted by atomic mass is 9.73. The number of fused-ring (bicyclic) bond motifs is 1. The first kappa shape index (κ1) is 21.1. The third-order valence-electron chi connectivity index (χ3n) is 6.61. The Balaban J connectivity index is 1.78. The van der Waals surface area contributed by atoms with Gasteiger partial charge >= 0.3 is 5.97 Å². The van der Waals surface area contributed by atoms with Gasteiger partial charge < -0.3 is 15.0 Å². The molecule has 2 aliphatic rings. The van der Waals surface area contributed by atoms with Crippen molar-refractivity contribution < 1.29 is 19.1 Å². The Morgan fingerprint density at radius 1 is 1.06 bits per heavy atom. The topological polar surface area (TPSA) is 75.7 Å². The average Bonchev–Trinajstić information content (AvgIpc) is 3.52. The molecule has 5 atom stereocenters. The average molecular weight is 421 g/mol. The number of amides is 2. The third kappa shape index (κ3) is 3.50. The number of hydrogen-bond acceptors (Lipinski definition) is 4. The lowest BCUT2D eigenvalue weighted by Crippen LogP contribution is -2.65. The standard InChI is InChI=1S/C25H28N2O4/c1-4-15-27-21-18(19(21)23(29)31-3)20(16-11-7-5-8-12-16)25(2,24(27)30)26-22(28)17-13-9-6-10-14-17/h5-14,18-21H,4,15H2,1-3H3,(H,26,28)/t18-,19+,20+,21+,25-/m1/s1. The molecule has 1 aliphatic carbocycles. The van der Waals surface area contributed by atoms with E-state index >= 15 is 0 Å². The van der Waals surface area contributed by atoms with Gasteiger partial charge in [0.15, 0.2) is 0 Å². The predicted octanol–water partition coefficient (Wildman–Crippen LogP) is 3.00. The van der Waals surface area contributed by atoms with Gasteiger partial charge in [0, 0.05) is 30.0 Å². The molecule has 0 unspecified atom stereocenters. The molecule has 6 nitrogen and oxygen atoms in total. The van der Waals surface area contributed by atoms with Crippen LogP contribution >= 0.6 is 0 Å². The number of esters is 1. The van der Waals surface area contributed by atoms with Crippen LogP contribution in [0.3, 0.4) is 0 Å². The minimum atomic E-state index is -1.19. The number of ether oxygens (including phenoxy) is 1. The SMILES string of the molecule is CCCN1C(=O)[C@](C)(NC(=O)c2ccccc2)[C@@H](c2ccccc2)[C@H]2[C@H](C(=O)OC)[C@H]21. The lowest BCUT2D eigenvalue weighted by molar-refractivity contribution is -0.143. The molecule has 1 saturated heterocycles. The molecule has 2 aromatic rings. The first-order chi connectivity index (χ1) is 14.9. The zero-order valence-electron chi connectivity index (χ0n) is 18.1. The van der Waals surface area contributed by atoms with Crippen molar-refractivity contribution in [2.24, 2.45) is 11.8 Å². The van der Waals surface area contributed by atoms with E-state index in [1.165, 1.54) is 7.11 Å². The Morgan fingerprint density at radius 3 is 2.26 bits per heavy atom. The van der Waals surface area contributed by atoms with Gasteiger partial charge in [-0.1, -0.05) is 55.5 Å². The van der Waals surface area contributed by atoms with Crippen LogP contribution in [0.1, 0.15) is 42.1 Å². The number of piperidine rings is 1. The molecular weight excluding hydrogens is 392 g/mol. The molecular formula is C25H28N2O4. The molecule has 0 bridgehead atoms. The van der Waals surface area contributed by atoms with Gasteiger partial charge in [-0.3, -0.25) is 14.4 Å². The molecule has 1 N–H and O–H groups in total. The Morgan fingerprint density at radius 2 is 1.68 bits per heavy atom. The third-order valence-corrected chi connectivity index (χ3v) is 6.61. The molecule has 0 spiro atoms. The summed E-state index contributed by atoms with van der Waals surface area (Å²) in [6.45, 7) is 4.33. The van der Waals surface area contributed by atoms with Crippen LogP contribution in [0.25, 0.3) is 0 Å². The first-order valence-electron chi connectivity index (χ1n) is 10.8. The minimum Gasteiger partial charge on any atom is -0.469 e. The molecule has 4 rings (SSSR count). The van der Waals surface area contributed by atoms with E-state index in [0.29, 0.717) is 12.1 Å². The van der Waals surface area contributed by atoms with Gasteiger partial charge in [-0.2, -0.15) is 0 Å². The summed E-state index contributed by atoms with van der Waals surface area (Å²) in [5, 5.41) is 3.05. The van der Waals surface area contributed by atoms with Crippen LogP contribution in [0.2, 0.25) is 0 Å². The van der Waals surface area contributed by atoms with Crippen LogP contribution in [0, 0.1) is 11.8 Å². The van der Waals surface area contributed by atoms with E-state index < -0.39 is 5.54 Å².